The Morgan fingerprint density at radius 2 is 2.19 bits per heavy atom. The van der Waals surface area contributed by atoms with Crippen molar-refractivity contribution in [3.05, 3.63) is 29.8 Å². The molecule has 7 heteroatoms. The lowest BCUT2D eigenvalue weighted by molar-refractivity contribution is 0.409. The van der Waals surface area contributed by atoms with Gasteiger partial charge in [-0.3, -0.25) is 4.99 Å². The average molecular weight is 311 g/mol. The van der Waals surface area contributed by atoms with E-state index in [1.54, 1.807) is 14.2 Å². The van der Waals surface area contributed by atoms with Crippen molar-refractivity contribution >= 4 is 15.8 Å². The number of guanidine groups is 1. The molecule has 1 heterocycles. The summed E-state index contributed by atoms with van der Waals surface area (Å²) >= 11 is 0. The Balaban J connectivity index is 1.92. The molecule has 1 aliphatic rings. The van der Waals surface area contributed by atoms with Crippen molar-refractivity contribution < 1.29 is 13.2 Å². The van der Waals surface area contributed by atoms with Crippen LogP contribution in [0.15, 0.2) is 29.3 Å². The number of nitrogens with zero attached hydrogens (tertiary/aromatic N) is 1. The number of rotatable bonds is 4. The summed E-state index contributed by atoms with van der Waals surface area (Å²) in [5.41, 5.74) is 1.02. The number of sulfone groups is 1. The highest BCUT2D eigenvalue weighted by molar-refractivity contribution is 7.91. The largest absolute Gasteiger partial charge is 0.496 e. The molecule has 0 radical (unpaired) electrons. The minimum Gasteiger partial charge on any atom is -0.496 e. The van der Waals surface area contributed by atoms with Gasteiger partial charge in [-0.1, -0.05) is 18.2 Å². The SMILES string of the molecule is CN=C(NCc1ccccc1OC)NC1CCS(=O)(=O)C1. The molecule has 0 saturated carbocycles. The fraction of sp³-hybridized carbons (Fsp3) is 0.500. The van der Waals surface area contributed by atoms with Crippen molar-refractivity contribution in [2.45, 2.75) is 19.0 Å². The lowest BCUT2D eigenvalue weighted by Gasteiger charge is -2.17. The summed E-state index contributed by atoms with van der Waals surface area (Å²) in [6, 6.07) is 7.66. The summed E-state index contributed by atoms with van der Waals surface area (Å²) in [5, 5.41) is 6.33. The molecule has 1 saturated heterocycles. The first-order valence-corrected chi connectivity index (χ1v) is 8.65. The zero-order chi connectivity index (χ0) is 15.3. The molecule has 0 bridgehead atoms. The molecule has 1 aliphatic heterocycles. The number of hydrogen-bond acceptors (Lipinski definition) is 4. The predicted molar refractivity (Wildman–Crippen MR) is 83.4 cm³/mol. The van der Waals surface area contributed by atoms with Crippen LogP contribution in [0.25, 0.3) is 0 Å². The van der Waals surface area contributed by atoms with Crippen LogP contribution >= 0.6 is 0 Å². The topological polar surface area (TPSA) is 79.8 Å². The molecule has 1 aromatic rings. The van der Waals surface area contributed by atoms with E-state index in [1.165, 1.54) is 0 Å². The van der Waals surface area contributed by atoms with Crippen LogP contribution in [-0.2, 0) is 16.4 Å². The standard InChI is InChI=1S/C14H21N3O3S/c1-15-14(17-12-7-8-21(18,19)10-12)16-9-11-5-3-4-6-13(11)20-2/h3-6,12H,7-10H2,1-2H3,(H2,15,16,17). The Morgan fingerprint density at radius 3 is 2.81 bits per heavy atom. The second kappa shape index (κ2) is 6.80. The Hall–Kier alpha value is -1.76. The Morgan fingerprint density at radius 1 is 1.43 bits per heavy atom. The maximum absolute atomic E-state index is 11.5. The molecular formula is C14H21N3O3S. The third kappa shape index (κ3) is 4.35. The van der Waals surface area contributed by atoms with E-state index in [2.05, 4.69) is 15.6 Å². The van der Waals surface area contributed by atoms with Gasteiger partial charge >= 0.3 is 0 Å². The van der Waals surface area contributed by atoms with E-state index in [1.807, 2.05) is 24.3 Å². The van der Waals surface area contributed by atoms with Crippen molar-refractivity contribution in [3.8, 4) is 5.75 Å². The van der Waals surface area contributed by atoms with Crippen molar-refractivity contribution in [1.82, 2.24) is 10.6 Å². The van der Waals surface area contributed by atoms with Gasteiger partial charge in [0.05, 0.1) is 18.6 Å². The van der Waals surface area contributed by atoms with Gasteiger partial charge in [0, 0.05) is 25.2 Å². The molecule has 1 atom stereocenters. The normalized spacial score (nSPS) is 21.0. The molecular weight excluding hydrogens is 290 g/mol. The molecule has 116 valence electrons. The van der Waals surface area contributed by atoms with E-state index in [-0.39, 0.29) is 17.5 Å². The molecule has 1 unspecified atom stereocenters. The molecule has 1 fully saturated rings. The monoisotopic (exact) mass is 311 g/mol. The average Bonchev–Trinajstić information content (AvgIpc) is 2.82. The van der Waals surface area contributed by atoms with Crippen LogP contribution in [0.4, 0.5) is 0 Å². The second-order valence-corrected chi connectivity index (χ2v) is 7.21. The van der Waals surface area contributed by atoms with E-state index in [0.29, 0.717) is 18.9 Å². The second-order valence-electron chi connectivity index (χ2n) is 4.98. The maximum atomic E-state index is 11.5. The summed E-state index contributed by atoms with van der Waals surface area (Å²) in [7, 11) is 0.410. The van der Waals surface area contributed by atoms with Crippen LogP contribution in [0.2, 0.25) is 0 Å². The summed E-state index contributed by atoms with van der Waals surface area (Å²) in [6.45, 7) is 0.559. The molecule has 1 aromatic carbocycles. The summed E-state index contributed by atoms with van der Waals surface area (Å²) in [4.78, 5) is 4.13. The van der Waals surface area contributed by atoms with E-state index < -0.39 is 9.84 Å². The number of methoxy groups -OCH3 is 1. The van der Waals surface area contributed by atoms with Crippen LogP contribution in [-0.4, -0.2) is 46.1 Å². The predicted octanol–water partition coefficient (Wildman–Crippen LogP) is 0.547. The van der Waals surface area contributed by atoms with Crippen molar-refractivity contribution in [3.63, 3.8) is 0 Å². The van der Waals surface area contributed by atoms with Gasteiger partial charge in [-0.25, -0.2) is 8.42 Å². The quantitative estimate of drug-likeness (QED) is 0.627. The maximum Gasteiger partial charge on any atom is 0.191 e. The highest BCUT2D eigenvalue weighted by Crippen LogP contribution is 2.16. The zero-order valence-corrected chi connectivity index (χ0v) is 13.1. The van der Waals surface area contributed by atoms with Gasteiger partial charge in [-0.2, -0.15) is 0 Å². The first kappa shape index (κ1) is 15.6. The van der Waals surface area contributed by atoms with Crippen molar-refractivity contribution in [1.29, 1.82) is 0 Å². The molecule has 2 N–H and O–H groups in total. The Bertz CT molecular complexity index is 614. The summed E-state index contributed by atoms with van der Waals surface area (Å²) in [6.07, 6.45) is 0.623. The highest BCUT2D eigenvalue weighted by atomic mass is 32.2. The van der Waals surface area contributed by atoms with E-state index in [4.69, 9.17) is 4.74 Å². The van der Waals surface area contributed by atoms with Gasteiger partial charge in [0.2, 0.25) is 0 Å². The minimum absolute atomic E-state index is 0.0705. The zero-order valence-electron chi connectivity index (χ0n) is 12.3. The number of aliphatic imine (C=N–C) groups is 1. The van der Waals surface area contributed by atoms with Crippen LogP contribution in [0, 0.1) is 0 Å². The van der Waals surface area contributed by atoms with Crippen LogP contribution in [0.3, 0.4) is 0 Å². The number of nitrogens with one attached hydrogen (secondary N) is 2. The number of ether oxygens (including phenoxy) is 1. The van der Waals surface area contributed by atoms with Crippen LogP contribution in [0.1, 0.15) is 12.0 Å². The highest BCUT2D eigenvalue weighted by Gasteiger charge is 2.28. The molecule has 21 heavy (non-hydrogen) atoms. The fourth-order valence-electron chi connectivity index (χ4n) is 2.32. The third-order valence-electron chi connectivity index (χ3n) is 3.44. The first-order valence-electron chi connectivity index (χ1n) is 6.83. The van der Waals surface area contributed by atoms with Gasteiger partial charge < -0.3 is 15.4 Å². The minimum atomic E-state index is -2.89. The Labute approximate surface area is 125 Å². The third-order valence-corrected chi connectivity index (χ3v) is 5.20. The number of para-hydroxylation sites is 1. The van der Waals surface area contributed by atoms with E-state index >= 15 is 0 Å². The first-order chi connectivity index (χ1) is 10.0. The summed E-state index contributed by atoms with van der Waals surface area (Å²) in [5.74, 6) is 1.82. The van der Waals surface area contributed by atoms with Gasteiger partial charge in [0.1, 0.15) is 5.75 Å². The van der Waals surface area contributed by atoms with Crippen molar-refractivity contribution in [2.75, 3.05) is 25.7 Å². The molecule has 0 aliphatic carbocycles. The number of benzene rings is 1. The molecule has 6 nitrogen and oxygen atoms in total. The van der Waals surface area contributed by atoms with E-state index in [0.717, 1.165) is 11.3 Å². The lowest BCUT2D eigenvalue weighted by Crippen LogP contribution is -2.43. The molecule has 0 amide bonds. The van der Waals surface area contributed by atoms with Crippen LogP contribution < -0.4 is 15.4 Å². The summed E-state index contributed by atoms with van der Waals surface area (Å²) < 4.78 is 28.2. The van der Waals surface area contributed by atoms with Crippen molar-refractivity contribution in [2.24, 2.45) is 4.99 Å². The smallest absolute Gasteiger partial charge is 0.191 e. The molecule has 0 aromatic heterocycles. The fourth-order valence-corrected chi connectivity index (χ4v) is 4.00. The van der Waals surface area contributed by atoms with Gasteiger partial charge in [0.25, 0.3) is 0 Å². The molecule has 0 spiro atoms. The lowest BCUT2D eigenvalue weighted by atomic mass is 10.2. The number of hydrogen-bond donors (Lipinski definition) is 2. The molecule has 2 rings (SSSR count). The Kier molecular flexibility index (Phi) is 5.06. The van der Waals surface area contributed by atoms with Gasteiger partial charge in [-0.15, -0.1) is 0 Å². The van der Waals surface area contributed by atoms with Gasteiger partial charge in [0.15, 0.2) is 15.8 Å². The van der Waals surface area contributed by atoms with Gasteiger partial charge in [-0.05, 0) is 12.5 Å². The van der Waals surface area contributed by atoms with E-state index in [9.17, 15) is 8.42 Å². The van der Waals surface area contributed by atoms with Crippen LogP contribution in [0.5, 0.6) is 5.75 Å².